The van der Waals surface area contributed by atoms with Crippen LogP contribution in [0.15, 0.2) is 65.6 Å². The number of hydrogen-bond acceptors (Lipinski definition) is 4. The largest absolute Gasteiger partial charge is 0.393 e. The Labute approximate surface area is 211 Å². The van der Waals surface area contributed by atoms with Gasteiger partial charge in [-0.1, -0.05) is 62.7 Å². The molecule has 0 radical (unpaired) electrons. The van der Waals surface area contributed by atoms with Crippen LogP contribution in [-0.2, 0) is 6.42 Å². The highest BCUT2D eigenvalue weighted by molar-refractivity contribution is 5.70. The fourth-order valence-electron chi connectivity index (χ4n) is 5.69. The average Bonchev–Trinajstić information content (AvgIpc) is 3.39. The van der Waals surface area contributed by atoms with E-state index in [1.807, 2.05) is 51.5 Å². The zero-order chi connectivity index (χ0) is 25.2. The van der Waals surface area contributed by atoms with Crippen LogP contribution in [-0.4, -0.2) is 25.4 Å². The van der Waals surface area contributed by atoms with Crippen LogP contribution < -0.4 is 5.56 Å². The summed E-state index contributed by atoms with van der Waals surface area (Å²) in [6, 6.07) is 20.1. The molecule has 1 N–H and O–H groups in total. The van der Waals surface area contributed by atoms with Gasteiger partial charge in [0.15, 0.2) is 0 Å². The third-order valence-corrected chi connectivity index (χ3v) is 7.61. The van der Waals surface area contributed by atoms with E-state index in [0.29, 0.717) is 18.4 Å². The monoisotopic (exact) mass is 480 g/mol. The van der Waals surface area contributed by atoms with Gasteiger partial charge in [-0.2, -0.15) is 10.4 Å². The molecule has 2 heterocycles. The third kappa shape index (κ3) is 4.25. The summed E-state index contributed by atoms with van der Waals surface area (Å²) in [6.45, 7) is 4.22. The second-order valence-corrected chi connectivity index (χ2v) is 9.85. The number of aliphatic hydroxyl groups is 1. The highest BCUT2D eigenvalue weighted by atomic mass is 16.3. The van der Waals surface area contributed by atoms with Gasteiger partial charge in [-0.3, -0.25) is 9.36 Å². The first-order chi connectivity index (χ1) is 17.5. The molecule has 1 atom stereocenters. The van der Waals surface area contributed by atoms with Gasteiger partial charge in [0.2, 0.25) is 0 Å². The molecule has 184 valence electrons. The molecule has 1 aliphatic rings. The standard InChI is InChI=1S/C30H32N4O2/c1-3-6-27-29(20(2)21-9-11-22(12-10-21)26-8-5-4-7-23(26)19-31)30(36)33(28-17-18-32-34(27)28)24-13-15-25(35)16-14-24/h4-5,7-12,17-18,20,24-25,35H,3,6,13-16H2,1-2H3. The summed E-state index contributed by atoms with van der Waals surface area (Å²) in [5.41, 5.74) is 6.25. The van der Waals surface area contributed by atoms with Crippen molar-refractivity contribution in [1.29, 1.82) is 5.26 Å². The Bertz CT molecular complexity index is 1470. The minimum absolute atomic E-state index is 0.0549. The number of benzene rings is 2. The lowest BCUT2D eigenvalue weighted by atomic mass is 9.89. The van der Waals surface area contributed by atoms with Crippen molar-refractivity contribution < 1.29 is 5.11 Å². The van der Waals surface area contributed by atoms with E-state index in [9.17, 15) is 15.2 Å². The van der Waals surface area contributed by atoms with Crippen LogP contribution in [0.4, 0.5) is 0 Å². The van der Waals surface area contributed by atoms with Crippen LogP contribution >= 0.6 is 0 Å². The zero-order valence-corrected chi connectivity index (χ0v) is 20.9. The van der Waals surface area contributed by atoms with Crippen molar-refractivity contribution in [3.63, 3.8) is 0 Å². The van der Waals surface area contributed by atoms with Gasteiger partial charge in [-0.25, -0.2) is 4.52 Å². The van der Waals surface area contributed by atoms with E-state index < -0.39 is 0 Å². The van der Waals surface area contributed by atoms with Crippen molar-refractivity contribution in [2.75, 3.05) is 0 Å². The maximum absolute atomic E-state index is 14.2. The molecule has 0 aliphatic heterocycles. The molecule has 36 heavy (non-hydrogen) atoms. The fraction of sp³-hybridized carbons (Fsp3) is 0.367. The van der Waals surface area contributed by atoms with Crippen molar-refractivity contribution in [3.05, 3.63) is 93.5 Å². The first-order valence-electron chi connectivity index (χ1n) is 12.9. The van der Waals surface area contributed by atoms with Gasteiger partial charge in [-0.05, 0) is 54.9 Å². The van der Waals surface area contributed by atoms with Gasteiger partial charge in [0.1, 0.15) is 5.65 Å². The van der Waals surface area contributed by atoms with Crippen molar-refractivity contribution in [2.45, 2.75) is 70.4 Å². The molecule has 1 fully saturated rings. The average molecular weight is 481 g/mol. The van der Waals surface area contributed by atoms with E-state index in [1.54, 1.807) is 6.20 Å². The molecule has 1 unspecified atom stereocenters. The number of nitriles is 1. The number of aryl methyl sites for hydroxylation is 1. The Kier molecular flexibility index (Phi) is 6.75. The van der Waals surface area contributed by atoms with Gasteiger partial charge >= 0.3 is 0 Å². The van der Waals surface area contributed by atoms with Crippen LogP contribution in [0, 0.1) is 11.3 Å². The topological polar surface area (TPSA) is 83.3 Å². The molecule has 4 aromatic rings. The summed E-state index contributed by atoms with van der Waals surface area (Å²) >= 11 is 0. The van der Waals surface area contributed by atoms with Crippen molar-refractivity contribution >= 4 is 5.65 Å². The number of fused-ring (bicyclic) bond motifs is 1. The molecule has 0 saturated heterocycles. The highest BCUT2D eigenvalue weighted by Crippen LogP contribution is 2.33. The minimum Gasteiger partial charge on any atom is -0.393 e. The predicted molar refractivity (Wildman–Crippen MR) is 141 cm³/mol. The molecule has 1 aliphatic carbocycles. The first-order valence-corrected chi connectivity index (χ1v) is 12.9. The Hall–Kier alpha value is -3.69. The van der Waals surface area contributed by atoms with Crippen molar-refractivity contribution in [3.8, 4) is 17.2 Å². The van der Waals surface area contributed by atoms with E-state index in [1.165, 1.54) is 0 Å². The molecule has 1 saturated carbocycles. The van der Waals surface area contributed by atoms with Crippen LogP contribution in [0.3, 0.4) is 0 Å². The maximum Gasteiger partial charge on any atom is 0.258 e. The number of aromatic nitrogens is 3. The SMILES string of the molecule is CCCc1c(C(C)c2ccc(-c3ccccc3C#N)cc2)c(=O)n(C2CCC(O)CC2)c2ccnn12. The summed E-state index contributed by atoms with van der Waals surface area (Å²) < 4.78 is 3.89. The van der Waals surface area contributed by atoms with E-state index >= 15 is 0 Å². The van der Waals surface area contributed by atoms with E-state index in [4.69, 9.17) is 0 Å². The molecular weight excluding hydrogens is 448 g/mol. The molecule has 2 aromatic heterocycles. The van der Waals surface area contributed by atoms with Gasteiger partial charge in [0.05, 0.1) is 29.6 Å². The lowest BCUT2D eigenvalue weighted by Gasteiger charge is -2.29. The van der Waals surface area contributed by atoms with E-state index in [-0.39, 0.29) is 23.6 Å². The van der Waals surface area contributed by atoms with Crippen molar-refractivity contribution in [2.24, 2.45) is 0 Å². The summed E-state index contributed by atoms with van der Waals surface area (Å²) in [4.78, 5) is 14.2. The van der Waals surface area contributed by atoms with Crippen molar-refractivity contribution in [1.82, 2.24) is 14.2 Å². The summed E-state index contributed by atoms with van der Waals surface area (Å²) in [7, 11) is 0. The maximum atomic E-state index is 14.2. The molecule has 0 bridgehead atoms. The molecule has 6 heteroatoms. The summed E-state index contributed by atoms with van der Waals surface area (Å²) in [5.74, 6) is -0.117. The lowest BCUT2D eigenvalue weighted by molar-refractivity contribution is 0.110. The number of aliphatic hydroxyl groups excluding tert-OH is 1. The highest BCUT2D eigenvalue weighted by Gasteiger charge is 2.28. The van der Waals surface area contributed by atoms with E-state index in [2.05, 4.69) is 37.1 Å². The Morgan fingerprint density at radius 2 is 1.81 bits per heavy atom. The quantitative estimate of drug-likeness (QED) is 0.389. The van der Waals surface area contributed by atoms with Gasteiger partial charge in [-0.15, -0.1) is 0 Å². The Morgan fingerprint density at radius 1 is 1.08 bits per heavy atom. The number of hydrogen-bond donors (Lipinski definition) is 1. The summed E-state index contributed by atoms with van der Waals surface area (Å²) in [6.07, 6.45) is 6.18. The van der Waals surface area contributed by atoms with Crippen LogP contribution in [0.25, 0.3) is 16.8 Å². The van der Waals surface area contributed by atoms with Gasteiger partial charge in [0, 0.05) is 23.6 Å². The smallest absolute Gasteiger partial charge is 0.258 e. The summed E-state index contributed by atoms with van der Waals surface area (Å²) in [5, 5.41) is 24.2. The molecule has 2 aromatic carbocycles. The third-order valence-electron chi connectivity index (χ3n) is 7.61. The number of nitrogens with zero attached hydrogens (tertiary/aromatic N) is 4. The van der Waals surface area contributed by atoms with Crippen LogP contribution in [0.1, 0.15) is 80.3 Å². The number of rotatable bonds is 6. The van der Waals surface area contributed by atoms with E-state index in [0.717, 1.165) is 59.3 Å². The normalized spacial score (nSPS) is 18.7. The molecular formula is C30H32N4O2. The fourth-order valence-corrected chi connectivity index (χ4v) is 5.69. The predicted octanol–water partition coefficient (Wildman–Crippen LogP) is 5.61. The second-order valence-electron chi connectivity index (χ2n) is 9.85. The molecule has 0 amide bonds. The Balaban J connectivity index is 1.61. The minimum atomic E-state index is -0.277. The van der Waals surface area contributed by atoms with Crippen LogP contribution in [0.2, 0.25) is 0 Å². The lowest BCUT2D eigenvalue weighted by Crippen LogP contribution is -2.35. The van der Waals surface area contributed by atoms with Gasteiger partial charge < -0.3 is 5.11 Å². The first kappa shape index (κ1) is 24.0. The van der Waals surface area contributed by atoms with Gasteiger partial charge in [0.25, 0.3) is 5.56 Å². The Morgan fingerprint density at radius 3 is 2.50 bits per heavy atom. The molecule has 5 rings (SSSR count). The second kappa shape index (κ2) is 10.1. The molecule has 6 nitrogen and oxygen atoms in total. The zero-order valence-electron chi connectivity index (χ0n) is 20.9. The molecule has 0 spiro atoms. The van der Waals surface area contributed by atoms with Crippen LogP contribution in [0.5, 0.6) is 0 Å².